The van der Waals surface area contributed by atoms with Gasteiger partial charge in [0.15, 0.2) is 0 Å². The van der Waals surface area contributed by atoms with Crippen LogP contribution in [0.1, 0.15) is 39.5 Å². The number of rotatable bonds is 3. The van der Waals surface area contributed by atoms with E-state index in [1.165, 1.54) is 12.8 Å². The highest BCUT2D eigenvalue weighted by molar-refractivity contribution is 4.82. The minimum Gasteiger partial charge on any atom is -0.390 e. The van der Waals surface area contributed by atoms with Gasteiger partial charge in [0.25, 0.3) is 0 Å². The smallest absolute Gasteiger partial charge is 0.0632 e. The molecule has 1 fully saturated rings. The Morgan fingerprint density at radius 3 is 2.82 bits per heavy atom. The zero-order valence-corrected chi connectivity index (χ0v) is 7.56. The highest BCUT2D eigenvalue weighted by Gasteiger charge is 2.24. The van der Waals surface area contributed by atoms with Crippen molar-refractivity contribution in [3.05, 3.63) is 0 Å². The molecule has 1 heterocycles. The maximum absolute atomic E-state index is 9.74. The predicted octanol–water partition coefficient (Wildman–Crippen LogP) is 1.29. The van der Waals surface area contributed by atoms with E-state index in [0.717, 1.165) is 19.4 Å². The van der Waals surface area contributed by atoms with Crippen LogP contribution < -0.4 is 5.32 Å². The van der Waals surface area contributed by atoms with E-state index in [-0.39, 0.29) is 0 Å². The Hall–Kier alpha value is -0.0800. The lowest BCUT2D eigenvalue weighted by molar-refractivity contribution is 0.0382. The van der Waals surface area contributed by atoms with Crippen LogP contribution in [0.4, 0.5) is 0 Å². The number of hydrogen-bond donors (Lipinski definition) is 2. The molecule has 2 unspecified atom stereocenters. The van der Waals surface area contributed by atoms with Gasteiger partial charge >= 0.3 is 0 Å². The van der Waals surface area contributed by atoms with E-state index in [4.69, 9.17) is 0 Å². The third-order valence-electron chi connectivity index (χ3n) is 2.61. The zero-order valence-electron chi connectivity index (χ0n) is 7.56. The Morgan fingerprint density at radius 2 is 2.36 bits per heavy atom. The molecule has 0 aromatic rings. The van der Waals surface area contributed by atoms with Gasteiger partial charge in [-0.05, 0) is 39.2 Å². The molecule has 0 saturated carbocycles. The standard InChI is InChI=1S/C9H19NO/c1-3-9(2,11)7-8-5-4-6-10-8/h8,10-11H,3-7H2,1-2H3. The van der Waals surface area contributed by atoms with E-state index in [1.807, 2.05) is 13.8 Å². The van der Waals surface area contributed by atoms with Gasteiger partial charge in [0.1, 0.15) is 0 Å². The molecule has 0 aliphatic carbocycles. The summed E-state index contributed by atoms with van der Waals surface area (Å²) in [6, 6.07) is 0.560. The number of aliphatic hydroxyl groups is 1. The van der Waals surface area contributed by atoms with Crippen LogP contribution in [0.2, 0.25) is 0 Å². The second kappa shape index (κ2) is 3.55. The first kappa shape index (κ1) is 9.01. The summed E-state index contributed by atoms with van der Waals surface area (Å²) in [6.45, 7) is 5.09. The van der Waals surface area contributed by atoms with Gasteiger partial charge < -0.3 is 10.4 Å². The molecule has 1 rings (SSSR count). The van der Waals surface area contributed by atoms with Crippen LogP contribution in [0.25, 0.3) is 0 Å². The highest BCUT2D eigenvalue weighted by Crippen LogP contribution is 2.20. The average Bonchev–Trinajstić information content (AvgIpc) is 2.39. The largest absolute Gasteiger partial charge is 0.390 e. The second-order valence-electron chi connectivity index (χ2n) is 3.85. The molecule has 1 saturated heterocycles. The maximum Gasteiger partial charge on any atom is 0.0632 e. The Balaban J connectivity index is 2.28. The van der Waals surface area contributed by atoms with Gasteiger partial charge in [-0.25, -0.2) is 0 Å². The van der Waals surface area contributed by atoms with Gasteiger partial charge in [0.2, 0.25) is 0 Å². The molecule has 0 amide bonds. The Morgan fingerprint density at radius 1 is 1.64 bits per heavy atom. The van der Waals surface area contributed by atoms with E-state index >= 15 is 0 Å². The monoisotopic (exact) mass is 157 g/mol. The summed E-state index contributed by atoms with van der Waals surface area (Å²) in [5, 5.41) is 13.1. The lowest BCUT2D eigenvalue weighted by Crippen LogP contribution is -2.33. The van der Waals surface area contributed by atoms with Crippen molar-refractivity contribution in [2.24, 2.45) is 0 Å². The summed E-state index contributed by atoms with van der Waals surface area (Å²) in [7, 11) is 0. The topological polar surface area (TPSA) is 32.3 Å². The van der Waals surface area contributed by atoms with Crippen molar-refractivity contribution in [2.75, 3.05) is 6.54 Å². The van der Waals surface area contributed by atoms with E-state index in [1.54, 1.807) is 0 Å². The first-order valence-electron chi connectivity index (χ1n) is 4.60. The van der Waals surface area contributed by atoms with Crippen LogP contribution >= 0.6 is 0 Å². The van der Waals surface area contributed by atoms with Crippen LogP contribution in [0.15, 0.2) is 0 Å². The van der Waals surface area contributed by atoms with Gasteiger partial charge in [0, 0.05) is 6.04 Å². The fraction of sp³-hybridized carbons (Fsp3) is 1.00. The first-order valence-corrected chi connectivity index (χ1v) is 4.60. The molecule has 0 bridgehead atoms. The summed E-state index contributed by atoms with van der Waals surface area (Å²) in [4.78, 5) is 0. The molecular formula is C9H19NO. The van der Waals surface area contributed by atoms with Crippen molar-refractivity contribution in [3.8, 4) is 0 Å². The molecule has 0 aromatic carbocycles. The lowest BCUT2D eigenvalue weighted by atomic mass is 9.94. The minimum absolute atomic E-state index is 0.456. The molecule has 1 aliphatic heterocycles. The summed E-state index contributed by atoms with van der Waals surface area (Å²) >= 11 is 0. The molecule has 66 valence electrons. The van der Waals surface area contributed by atoms with Gasteiger partial charge in [-0.3, -0.25) is 0 Å². The average molecular weight is 157 g/mol. The molecular weight excluding hydrogens is 138 g/mol. The van der Waals surface area contributed by atoms with E-state index in [2.05, 4.69) is 5.32 Å². The second-order valence-corrected chi connectivity index (χ2v) is 3.85. The van der Waals surface area contributed by atoms with Crippen molar-refractivity contribution < 1.29 is 5.11 Å². The summed E-state index contributed by atoms with van der Waals surface area (Å²) in [6.07, 6.45) is 4.26. The number of nitrogens with one attached hydrogen (secondary N) is 1. The Kier molecular flexibility index (Phi) is 2.90. The van der Waals surface area contributed by atoms with Crippen molar-refractivity contribution >= 4 is 0 Å². The fourth-order valence-electron chi connectivity index (χ4n) is 1.61. The molecule has 11 heavy (non-hydrogen) atoms. The van der Waals surface area contributed by atoms with Crippen LogP contribution in [0.3, 0.4) is 0 Å². The predicted molar refractivity (Wildman–Crippen MR) is 46.6 cm³/mol. The molecule has 0 radical (unpaired) electrons. The van der Waals surface area contributed by atoms with Crippen LogP contribution in [-0.2, 0) is 0 Å². The van der Waals surface area contributed by atoms with Crippen molar-refractivity contribution in [3.63, 3.8) is 0 Å². The number of hydrogen-bond acceptors (Lipinski definition) is 2. The lowest BCUT2D eigenvalue weighted by Gasteiger charge is -2.24. The summed E-state index contributed by atoms with van der Waals surface area (Å²) < 4.78 is 0. The summed E-state index contributed by atoms with van der Waals surface area (Å²) in [5.41, 5.74) is -0.456. The van der Waals surface area contributed by atoms with Gasteiger partial charge in [-0.1, -0.05) is 6.92 Å². The SMILES string of the molecule is CCC(C)(O)CC1CCCN1. The normalized spacial score (nSPS) is 30.3. The third kappa shape index (κ3) is 2.80. The van der Waals surface area contributed by atoms with Crippen molar-refractivity contribution in [1.82, 2.24) is 5.32 Å². The fourth-order valence-corrected chi connectivity index (χ4v) is 1.61. The van der Waals surface area contributed by atoms with Crippen LogP contribution in [0.5, 0.6) is 0 Å². The van der Waals surface area contributed by atoms with Crippen LogP contribution in [-0.4, -0.2) is 23.3 Å². The molecule has 0 spiro atoms. The van der Waals surface area contributed by atoms with Crippen LogP contribution in [0, 0.1) is 0 Å². The third-order valence-corrected chi connectivity index (χ3v) is 2.61. The Bertz CT molecular complexity index is 117. The van der Waals surface area contributed by atoms with Gasteiger partial charge in [-0.15, -0.1) is 0 Å². The highest BCUT2D eigenvalue weighted by atomic mass is 16.3. The quantitative estimate of drug-likeness (QED) is 0.647. The molecule has 1 aliphatic rings. The van der Waals surface area contributed by atoms with Crippen molar-refractivity contribution in [2.45, 2.75) is 51.2 Å². The molecule has 0 aromatic heterocycles. The maximum atomic E-state index is 9.74. The van der Waals surface area contributed by atoms with Crippen molar-refractivity contribution in [1.29, 1.82) is 0 Å². The van der Waals surface area contributed by atoms with Gasteiger partial charge in [0.05, 0.1) is 5.60 Å². The molecule has 2 N–H and O–H groups in total. The molecule has 2 atom stereocenters. The minimum atomic E-state index is -0.456. The van der Waals surface area contributed by atoms with E-state index in [9.17, 15) is 5.11 Å². The zero-order chi connectivity index (χ0) is 8.32. The van der Waals surface area contributed by atoms with Gasteiger partial charge in [-0.2, -0.15) is 0 Å². The molecule has 2 heteroatoms. The molecule has 2 nitrogen and oxygen atoms in total. The van der Waals surface area contributed by atoms with E-state index in [0.29, 0.717) is 6.04 Å². The Labute approximate surface area is 69.0 Å². The first-order chi connectivity index (χ1) is 5.14. The van der Waals surface area contributed by atoms with E-state index < -0.39 is 5.60 Å². The summed E-state index contributed by atoms with van der Waals surface area (Å²) in [5.74, 6) is 0.